The molecule has 0 radical (unpaired) electrons. The number of thiophene rings is 1. The van der Waals surface area contributed by atoms with E-state index in [-0.39, 0.29) is 0 Å². The fraction of sp³-hybridized carbons (Fsp3) is 0. The van der Waals surface area contributed by atoms with Gasteiger partial charge in [0.15, 0.2) is 0 Å². The minimum absolute atomic E-state index is 0.923. The lowest BCUT2D eigenvalue weighted by atomic mass is 9.99. The zero-order valence-electron chi connectivity index (χ0n) is 20.9. The van der Waals surface area contributed by atoms with Crippen molar-refractivity contribution in [2.75, 3.05) is 0 Å². The largest absolute Gasteiger partial charge is 0.456 e. The van der Waals surface area contributed by atoms with Crippen LogP contribution in [0.4, 0.5) is 0 Å². The molecule has 3 heterocycles. The number of furan rings is 1. The van der Waals surface area contributed by atoms with E-state index in [4.69, 9.17) is 4.42 Å². The number of fused-ring (bicyclic) bond motifs is 10. The lowest BCUT2D eigenvalue weighted by Gasteiger charge is -2.10. The van der Waals surface area contributed by atoms with Crippen molar-refractivity contribution in [3.8, 4) is 16.8 Å². The SMILES string of the molecule is c1ccc2c(c1)oc1cccc(-c3ccc(-n4c5ccccc5c5ccc6c7ccccc7sc6c54)cc3)c12. The molecular formula is C36H21NOS. The van der Waals surface area contributed by atoms with E-state index in [1.54, 1.807) is 0 Å². The smallest absolute Gasteiger partial charge is 0.136 e. The Bertz CT molecular complexity index is 2380. The summed E-state index contributed by atoms with van der Waals surface area (Å²) in [5.41, 5.74) is 7.90. The summed E-state index contributed by atoms with van der Waals surface area (Å²) in [6.07, 6.45) is 0. The number of rotatable bonds is 2. The van der Waals surface area contributed by atoms with Crippen LogP contribution in [-0.2, 0) is 0 Å². The molecule has 0 N–H and O–H groups in total. The van der Waals surface area contributed by atoms with Gasteiger partial charge in [-0.15, -0.1) is 11.3 Å². The molecule has 0 saturated heterocycles. The monoisotopic (exact) mass is 515 g/mol. The maximum Gasteiger partial charge on any atom is 0.136 e. The molecule has 0 fully saturated rings. The average molecular weight is 516 g/mol. The first kappa shape index (κ1) is 21.1. The second-order valence-corrected chi connectivity index (χ2v) is 11.2. The van der Waals surface area contributed by atoms with Crippen molar-refractivity contribution in [2.45, 2.75) is 0 Å². The zero-order valence-corrected chi connectivity index (χ0v) is 21.7. The van der Waals surface area contributed by atoms with Crippen molar-refractivity contribution in [2.24, 2.45) is 0 Å². The Morgan fingerprint density at radius 1 is 0.513 bits per heavy atom. The third kappa shape index (κ3) is 2.91. The summed E-state index contributed by atoms with van der Waals surface area (Å²) in [6, 6.07) is 45.7. The number of aromatic nitrogens is 1. The summed E-state index contributed by atoms with van der Waals surface area (Å²) in [4.78, 5) is 0. The van der Waals surface area contributed by atoms with Crippen molar-refractivity contribution < 1.29 is 4.42 Å². The summed E-state index contributed by atoms with van der Waals surface area (Å²) in [5, 5.41) is 7.55. The molecule has 6 aromatic carbocycles. The summed E-state index contributed by atoms with van der Waals surface area (Å²) in [5.74, 6) is 0. The molecule has 0 atom stereocenters. The first-order valence-corrected chi connectivity index (χ1v) is 14.0. The van der Waals surface area contributed by atoms with E-state index in [9.17, 15) is 0 Å². The number of hydrogen-bond acceptors (Lipinski definition) is 2. The maximum atomic E-state index is 6.16. The highest BCUT2D eigenvalue weighted by Gasteiger charge is 2.18. The van der Waals surface area contributed by atoms with Crippen LogP contribution in [0.15, 0.2) is 132 Å². The second-order valence-electron chi connectivity index (χ2n) is 10.1. The van der Waals surface area contributed by atoms with Crippen LogP contribution in [0.3, 0.4) is 0 Å². The predicted molar refractivity (Wildman–Crippen MR) is 166 cm³/mol. The molecule has 3 heteroatoms. The van der Waals surface area contributed by atoms with Crippen LogP contribution in [0.2, 0.25) is 0 Å². The summed E-state index contributed by atoms with van der Waals surface area (Å²) >= 11 is 1.89. The average Bonchev–Trinajstić information content (AvgIpc) is 3.66. The molecule has 2 nitrogen and oxygen atoms in total. The van der Waals surface area contributed by atoms with Crippen LogP contribution in [0.5, 0.6) is 0 Å². The predicted octanol–water partition coefficient (Wildman–Crippen LogP) is 10.7. The quantitative estimate of drug-likeness (QED) is 0.224. The van der Waals surface area contributed by atoms with Gasteiger partial charge in [0.1, 0.15) is 11.2 Å². The Hall–Kier alpha value is -4.86. The van der Waals surface area contributed by atoms with Gasteiger partial charge in [-0.05, 0) is 47.5 Å². The van der Waals surface area contributed by atoms with Gasteiger partial charge in [0.2, 0.25) is 0 Å². The lowest BCUT2D eigenvalue weighted by Crippen LogP contribution is -1.94. The molecule has 0 aliphatic rings. The molecule has 9 aromatic rings. The first-order chi connectivity index (χ1) is 19.3. The molecule has 0 aliphatic carbocycles. The number of hydrogen-bond donors (Lipinski definition) is 0. The van der Waals surface area contributed by atoms with Gasteiger partial charge < -0.3 is 8.98 Å². The summed E-state index contributed by atoms with van der Waals surface area (Å²) in [7, 11) is 0. The van der Waals surface area contributed by atoms with Gasteiger partial charge in [0, 0.05) is 42.7 Å². The van der Waals surface area contributed by atoms with E-state index in [2.05, 4.69) is 120 Å². The highest BCUT2D eigenvalue weighted by Crippen LogP contribution is 2.43. The molecule has 39 heavy (non-hydrogen) atoms. The number of nitrogens with zero attached hydrogens (tertiary/aromatic N) is 1. The van der Waals surface area contributed by atoms with Crippen molar-refractivity contribution in [1.29, 1.82) is 0 Å². The van der Waals surface area contributed by atoms with E-state index >= 15 is 0 Å². The molecule has 9 rings (SSSR count). The molecule has 182 valence electrons. The Morgan fingerprint density at radius 3 is 2.13 bits per heavy atom. The molecule has 0 bridgehead atoms. The van der Waals surface area contributed by atoms with Gasteiger partial charge in [-0.25, -0.2) is 0 Å². The molecule has 0 spiro atoms. The fourth-order valence-electron chi connectivity index (χ4n) is 6.30. The van der Waals surface area contributed by atoms with Gasteiger partial charge in [-0.3, -0.25) is 0 Å². The Morgan fingerprint density at radius 2 is 1.23 bits per heavy atom. The van der Waals surface area contributed by atoms with Crippen LogP contribution in [-0.4, -0.2) is 4.57 Å². The summed E-state index contributed by atoms with van der Waals surface area (Å²) < 4.78 is 11.3. The van der Waals surface area contributed by atoms with Crippen LogP contribution in [0, 0.1) is 0 Å². The highest BCUT2D eigenvalue weighted by molar-refractivity contribution is 7.26. The Labute approximate surface area is 227 Å². The molecule has 0 aliphatic heterocycles. The van der Waals surface area contributed by atoms with Crippen LogP contribution in [0.1, 0.15) is 0 Å². The molecular weight excluding hydrogens is 494 g/mol. The zero-order chi connectivity index (χ0) is 25.5. The minimum atomic E-state index is 0.923. The van der Waals surface area contributed by atoms with E-state index < -0.39 is 0 Å². The minimum Gasteiger partial charge on any atom is -0.456 e. The van der Waals surface area contributed by atoms with E-state index in [1.807, 2.05) is 23.5 Å². The summed E-state index contributed by atoms with van der Waals surface area (Å²) in [6.45, 7) is 0. The lowest BCUT2D eigenvalue weighted by molar-refractivity contribution is 0.669. The van der Waals surface area contributed by atoms with Gasteiger partial charge in [0.25, 0.3) is 0 Å². The molecule has 0 saturated carbocycles. The van der Waals surface area contributed by atoms with Gasteiger partial charge >= 0.3 is 0 Å². The Kier molecular flexibility index (Phi) is 4.24. The first-order valence-electron chi connectivity index (χ1n) is 13.2. The second kappa shape index (κ2) is 7.83. The van der Waals surface area contributed by atoms with Crippen LogP contribution in [0.25, 0.3) is 80.7 Å². The number of para-hydroxylation sites is 2. The standard InChI is InChI=1S/C36H21NOS/c1-4-12-30-25(8-1)27-20-21-28-26-9-3-6-15-33(26)39-36(28)35(27)37(30)23-18-16-22(17-19-23)24-11-7-14-32-34(24)29-10-2-5-13-31(29)38-32/h1-21H. The molecule has 0 amide bonds. The van der Waals surface area contributed by atoms with E-state index in [1.165, 1.54) is 64.2 Å². The Balaban J connectivity index is 1.31. The van der Waals surface area contributed by atoms with Crippen molar-refractivity contribution >= 4 is 75.3 Å². The van der Waals surface area contributed by atoms with Crippen LogP contribution >= 0.6 is 11.3 Å². The molecule has 3 aromatic heterocycles. The van der Waals surface area contributed by atoms with Crippen LogP contribution < -0.4 is 0 Å². The van der Waals surface area contributed by atoms with Gasteiger partial charge in [0.05, 0.1) is 15.7 Å². The third-order valence-corrected chi connectivity index (χ3v) is 9.21. The fourth-order valence-corrected chi connectivity index (χ4v) is 7.54. The van der Waals surface area contributed by atoms with Crippen molar-refractivity contribution in [3.63, 3.8) is 0 Å². The number of benzene rings is 6. The molecule has 0 unspecified atom stereocenters. The highest BCUT2D eigenvalue weighted by atomic mass is 32.1. The van der Waals surface area contributed by atoms with Gasteiger partial charge in [-0.1, -0.05) is 91.0 Å². The maximum absolute atomic E-state index is 6.16. The van der Waals surface area contributed by atoms with Gasteiger partial charge in [-0.2, -0.15) is 0 Å². The van der Waals surface area contributed by atoms with E-state index in [0.29, 0.717) is 0 Å². The van der Waals surface area contributed by atoms with Crippen molar-refractivity contribution in [3.05, 3.63) is 127 Å². The van der Waals surface area contributed by atoms with Crippen molar-refractivity contribution in [1.82, 2.24) is 4.57 Å². The normalized spacial score (nSPS) is 12.1. The van der Waals surface area contributed by atoms with E-state index in [0.717, 1.165) is 16.6 Å². The topological polar surface area (TPSA) is 18.1 Å². The third-order valence-electron chi connectivity index (χ3n) is 8.02.